The summed E-state index contributed by atoms with van der Waals surface area (Å²) in [7, 11) is 0. The van der Waals surface area contributed by atoms with Crippen LogP contribution in [-0.2, 0) is 12.6 Å². The van der Waals surface area contributed by atoms with E-state index in [1.165, 1.54) is 21.8 Å². The van der Waals surface area contributed by atoms with Crippen LogP contribution in [0.3, 0.4) is 0 Å². The Morgan fingerprint density at radius 1 is 1.07 bits per heavy atom. The van der Waals surface area contributed by atoms with Crippen LogP contribution >= 0.6 is 11.6 Å². The number of benzene rings is 3. The molecule has 230 valence electrons. The Labute approximate surface area is 261 Å². The quantitative estimate of drug-likeness (QED) is 0.167. The van der Waals surface area contributed by atoms with E-state index < -0.39 is 46.9 Å². The minimum atomic E-state index is -4.92. The van der Waals surface area contributed by atoms with Crippen LogP contribution in [-0.4, -0.2) is 33.1 Å². The summed E-state index contributed by atoms with van der Waals surface area (Å²) in [5, 5.41) is 9.74. The third kappa shape index (κ3) is 4.69. The van der Waals surface area contributed by atoms with Crippen LogP contribution in [0.2, 0.25) is 5.02 Å². The van der Waals surface area contributed by atoms with E-state index in [4.69, 9.17) is 18.0 Å². The van der Waals surface area contributed by atoms with Gasteiger partial charge in [0.25, 0.3) is 5.91 Å². The number of rotatable bonds is 4. The number of hydrogen-bond donors (Lipinski definition) is 2. The minimum absolute atomic E-state index is 0.0375. The Balaban J connectivity index is 1.48. The Kier molecular flexibility index (Phi) is 6.71. The number of hydrogen-bond acceptors (Lipinski definition) is 4. The number of alkyl halides is 3. The molecule has 2 aliphatic heterocycles. The topological polar surface area (TPSA) is 91.6 Å². The smallest absolute Gasteiger partial charge is 0.327 e. The fourth-order valence-corrected chi connectivity index (χ4v) is 6.25. The summed E-state index contributed by atoms with van der Waals surface area (Å²) in [6, 6.07) is 8.42. The molecule has 0 saturated carbocycles. The second-order valence-corrected chi connectivity index (χ2v) is 11.0. The van der Waals surface area contributed by atoms with E-state index in [0.717, 1.165) is 12.1 Å². The van der Waals surface area contributed by atoms with E-state index >= 15 is 0 Å². The second kappa shape index (κ2) is 10.6. The van der Waals surface area contributed by atoms with Gasteiger partial charge < -0.3 is 10.6 Å². The highest BCUT2D eigenvalue weighted by Crippen LogP contribution is 2.50. The Morgan fingerprint density at radius 2 is 1.87 bits per heavy atom. The second-order valence-electron chi connectivity index (χ2n) is 10.6. The van der Waals surface area contributed by atoms with E-state index in [9.17, 15) is 31.5 Å². The van der Waals surface area contributed by atoms with Crippen molar-refractivity contribution in [2.24, 2.45) is 0 Å². The first kappa shape index (κ1) is 29.2. The molecule has 2 N–H and O–H groups in total. The summed E-state index contributed by atoms with van der Waals surface area (Å²) in [5.74, 6) is -0.367. The molecule has 0 spiro atoms. The highest BCUT2D eigenvalue weighted by molar-refractivity contribution is 6.31. The van der Waals surface area contributed by atoms with Crippen molar-refractivity contribution in [2.45, 2.75) is 18.6 Å². The molecule has 0 bridgehead atoms. The molecule has 0 radical (unpaired) electrons. The van der Waals surface area contributed by atoms with Crippen molar-refractivity contribution >= 4 is 40.6 Å². The zero-order valence-electron chi connectivity index (χ0n) is 23.2. The average Bonchev–Trinajstić information content (AvgIpc) is 3.68. The summed E-state index contributed by atoms with van der Waals surface area (Å²) >= 11 is 6.47. The molecule has 3 amide bonds. The lowest BCUT2D eigenvalue weighted by molar-refractivity contribution is -0.137. The maximum atomic E-state index is 14.5. The lowest BCUT2D eigenvalue weighted by atomic mass is 9.87. The molecular weight excluding hydrogens is 631 g/mol. The fraction of sp³-hybridized carbons (Fsp3) is 0.125. The van der Waals surface area contributed by atoms with Crippen LogP contribution in [0.15, 0.2) is 60.9 Å². The third-order valence-corrected chi connectivity index (χ3v) is 8.32. The van der Waals surface area contributed by atoms with E-state index in [-0.39, 0.29) is 28.9 Å². The number of terminal acetylenes is 1. The molecule has 1 unspecified atom stereocenters. The maximum absolute atomic E-state index is 14.5. The van der Waals surface area contributed by atoms with Gasteiger partial charge in [-0.3, -0.25) is 9.69 Å². The van der Waals surface area contributed by atoms with E-state index in [1.807, 2.05) is 0 Å². The van der Waals surface area contributed by atoms with Crippen molar-refractivity contribution in [3.63, 3.8) is 0 Å². The number of nitrogens with one attached hydrogen (secondary N) is 2. The van der Waals surface area contributed by atoms with Gasteiger partial charge in [-0.2, -0.15) is 18.3 Å². The predicted molar refractivity (Wildman–Crippen MR) is 159 cm³/mol. The van der Waals surface area contributed by atoms with Crippen molar-refractivity contribution in [2.75, 3.05) is 16.8 Å². The van der Waals surface area contributed by atoms with Crippen LogP contribution in [0.1, 0.15) is 44.3 Å². The number of carbonyl (C=O) groups excluding carboxylic acids is 2. The molecule has 14 heteroatoms. The third-order valence-electron chi connectivity index (χ3n) is 7.97. The van der Waals surface area contributed by atoms with Crippen molar-refractivity contribution in [1.29, 1.82) is 0 Å². The van der Waals surface area contributed by atoms with Gasteiger partial charge in [-0.1, -0.05) is 11.6 Å². The first-order valence-electron chi connectivity index (χ1n) is 13.7. The zero-order chi connectivity index (χ0) is 32.5. The summed E-state index contributed by atoms with van der Waals surface area (Å²) in [6.45, 7) is 0.234. The maximum Gasteiger partial charge on any atom is 0.416 e. The molecule has 2 aliphatic rings. The van der Waals surface area contributed by atoms with E-state index in [1.54, 1.807) is 18.2 Å². The number of nitrogens with zero attached hydrogens (tertiary/aromatic N) is 4. The van der Waals surface area contributed by atoms with Crippen LogP contribution < -0.4 is 15.5 Å². The van der Waals surface area contributed by atoms with Crippen LogP contribution in [0.25, 0.3) is 16.8 Å². The van der Waals surface area contributed by atoms with E-state index in [0.29, 0.717) is 57.8 Å². The number of carbonyl (C=O) groups is 2. The molecule has 0 fully saturated rings. The molecule has 2 aromatic heterocycles. The normalized spacial score (nSPS) is 15.5. The Bertz CT molecular complexity index is 2170. The average molecular weight is 649 g/mol. The largest absolute Gasteiger partial charge is 0.416 e. The molecule has 5 aromatic rings. The minimum Gasteiger partial charge on any atom is -0.327 e. The summed E-state index contributed by atoms with van der Waals surface area (Å²) in [5.41, 5.74) is 1.38. The SMILES string of the molecule is C#Cc1c(-c2cc(NC(=O)c3cc(F)cc(C(F)(F)F)c3)c3c4c2CCN4C(=O)NC3c2cc(F)ccc2Cl)ccc2ncnn12. The molecule has 0 aliphatic carbocycles. The molecule has 0 saturated heterocycles. The van der Waals surface area contributed by atoms with Gasteiger partial charge in [0.05, 0.1) is 17.3 Å². The van der Waals surface area contributed by atoms with Crippen molar-refractivity contribution < 1.29 is 31.5 Å². The molecular formula is C32H18ClF5N6O2. The monoisotopic (exact) mass is 648 g/mol. The van der Waals surface area contributed by atoms with Gasteiger partial charge in [-0.15, -0.1) is 6.42 Å². The summed E-state index contributed by atoms with van der Waals surface area (Å²) in [6.07, 6.45) is 2.67. The van der Waals surface area contributed by atoms with Gasteiger partial charge in [0.15, 0.2) is 5.65 Å². The molecule has 4 heterocycles. The highest BCUT2D eigenvalue weighted by Gasteiger charge is 2.41. The van der Waals surface area contributed by atoms with Crippen molar-refractivity contribution in [3.05, 3.63) is 111 Å². The molecule has 7 rings (SSSR count). The standard InChI is InChI=1S/C32H18ClF5N6O2/c1-2-25-19(4-6-26-39-14-40-44(25)26)21-13-24(41-30(45)15-9-16(32(36,37)38)11-18(35)10-15)27-28(22-12-17(34)3-5-23(22)33)42-31(46)43-8-7-20(21)29(27)43/h1,3-6,9-14,28H,7-8H2,(H,41,45)(H,42,46). The molecule has 1 atom stereocenters. The van der Waals surface area contributed by atoms with Gasteiger partial charge in [-0.25, -0.2) is 23.1 Å². The summed E-state index contributed by atoms with van der Waals surface area (Å²) < 4.78 is 70.7. The lowest BCUT2D eigenvalue weighted by Crippen LogP contribution is -2.46. The van der Waals surface area contributed by atoms with Crippen molar-refractivity contribution in [3.8, 4) is 23.5 Å². The highest BCUT2D eigenvalue weighted by atomic mass is 35.5. The fourth-order valence-electron chi connectivity index (χ4n) is 6.03. The van der Waals surface area contributed by atoms with Gasteiger partial charge in [0.2, 0.25) is 0 Å². The lowest BCUT2D eigenvalue weighted by Gasteiger charge is -2.35. The number of pyridine rings is 1. The van der Waals surface area contributed by atoms with E-state index in [2.05, 4.69) is 26.6 Å². The molecule has 3 aromatic carbocycles. The Morgan fingerprint density at radius 3 is 2.63 bits per heavy atom. The van der Waals surface area contributed by atoms with Crippen molar-refractivity contribution in [1.82, 2.24) is 19.9 Å². The number of fused-ring (bicyclic) bond motifs is 1. The van der Waals surface area contributed by atoms with Crippen LogP contribution in [0.4, 0.5) is 38.1 Å². The zero-order valence-corrected chi connectivity index (χ0v) is 24.0. The summed E-state index contributed by atoms with van der Waals surface area (Å²) in [4.78, 5) is 32.6. The first-order valence-corrected chi connectivity index (χ1v) is 14.0. The number of anilines is 2. The first-order chi connectivity index (χ1) is 21.9. The van der Waals surface area contributed by atoms with Gasteiger partial charge in [-0.05, 0) is 78.1 Å². The molecule has 8 nitrogen and oxygen atoms in total. The number of amides is 3. The predicted octanol–water partition coefficient (Wildman–Crippen LogP) is 6.76. The van der Waals surface area contributed by atoms with Crippen LogP contribution in [0, 0.1) is 24.0 Å². The number of aromatic nitrogens is 3. The van der Waals surface area contributed by atoms with Gasteiger partial charge >= 0.3 is 12.2 Å². The Hall–Kier alpha value is -5.48. The number of urea groups is 1. The number of halogens is 6. The van der Waals surface area contributed by atoms with Gasteiger partial charge in [0, 0.05) is 39.5 Å². The molecule has 46 heavy (non-hydrogen) atoms. The van der Waals surface area contributed by atoms with Crippen LogP contribution in [0.5, 0.6) is 0 Å². The van der Waals surface area contributed by atoms with Gasteiger partial charge in [0.1, 0.15) is 23.7 Å².